The summed E-state index contributed by atoms with van der Waals surface area (Å²) in [4.78, 5) is 23.6. The molecule has 1 saturated carbocycles. The van der Waals surface area contributed by atoms with Gasteiger partial charge in [0, 0.05) is 23.2 Å². The van der Waals surface area contributed by atoms with Crippen LogP contribution in [0.15, 0.2) is 68.9 Å². The molecule has 30 heavy (non-hydrogen) atoms. The molecule has 2 aromatic carbocycles. The highest BCUT2D eigenvalue weighted by Crippen LogP contribution is 2.31. The highest BCUT2D eigenvalue weighted by atomic mass is 16.5. The Kier molecular flexibility index (Phi) is 5.93. The fourth-order valence-corrected chi connectivity index (χ4v) is 3.84. The van der Waals surface area contributed by atoms with Crippen molar-refractivity contribution in [1.82, 2.24) is 5.43 Å². The van der Waals surface area contributed by atoms with Crippen molar-refractivity contribution in [1.29, 1.82) is 0 Å². The largest absolute Gasteiger partial charge is 0.484 e. The Morgan fingerprint density at radius 1 is 1.13 bits per heavy atom. The molecule has 3 aromatic rings. The molecule has 1 aliphatic carbocycles. The van der Waals surface area contributed by atoms with E-state index < -0.39 is 5.63 Å². The first-order chi connectivity index (χ1) is 14.6. The number of aryl methyl sites for hydroxylation is 1. The summed E-state index contributed by atoms with van der Waals surface area (Å²) in [6, 6.07) is 17.2. The van der Waals surface area contributed by atoms with Gasteiger partial charge in [-0.05, 0) is 61.8 Å². The third kappa shape index (κ3) is 4.76. The van der Waals surface area contributed by atoms with Gasteiger partial charge >= 0.3 is 5.63 Å². The van der Waals surface area contributed by atoms with Gasteiger partial charge in [0.05, 0.1) is 0 Å². The van der Waals surface area contributed by atoms with Crippen LogP contribution in [-0.4, -0.2) is 18.2 Å². The van der Waals surface area contributed by atoms with Gasteiger partial charge in [-0.3, -0.25) is 4.79 Å². The van der Waals surface area contributed by atoms with Crippen LogP contribution in [0.4, 0.5) is 0 Å². The summed E-state index contributed by atoms with van der Waals surface area (Å²) < 4.78 is 10.7. The molecule has 0 unspecified atom stereocenters. The van der Waals surface area contributed by atoms with Gasteiger partial charge in [0.2, 0.25) is 0 Å². The SMILES string of the molecule is Cc1cc(=O)oc2cc(OCC(=O)NN=C3CCC(c4ccccc4)CC3)ccc12. The van der Waals surface area contributed by atoms with E-state index in [4.69, 9.17) is 9.15 Å². The summed E-state index contributed by atoms with van der Waals surface area (Å²) in [6.07, 6.45) is 3.83. The molecule has 0 radical (unpaired) electrons. The number of fused-ring (bicyclic) bond motifs is 1. The maximum Gasteiger partial charge on any atom is 0.336 e. The van der Waals surface area contributed by atoms with E-state index in [0.717, 1.165) is 42.3 Å². The Labute approximate surface area is 174 Å². The highest BCUT2D eigenvalue weighted by Gasteiger charge is 2.19. The van der Waals surface area contributed by atoms with Gasteiger partial charge in [0.25, 0.3) is 5.91 Å². The summed E-state index contributed by atoms with van der Waals surface area (Å²) in [5, 5.41) is 5.11. The summed E-state index contributed by atoms with van der Waals surface area (Å²) in [5.74, 6) is 0.696. The van der Waals surface area contributed by atoms with Gasteiger partial charge in [0.15, 0.2) is 6.61 Å². The summed E-state index contributed by atoms with van der Waals surface area (Å²) in [7, 11) is 0. The number of nitrogens with zero attached hydrogens (tertiary/aromatic N) is 1. The maximum absolute atomic E-state index is 12.1. The second kappa shape index (κ2) is 8.95. The lowest BCUT2D eigenvalue weighted by Gasteiger charge is -2.23. The van der Waals surface area contributed by atoms with Crippen LogP contribution in [0, 0.1) is 6.92 Å². The number of hydrazone groups is 1. The lowest BCUT2D eigenvalue weighted by molar-refractivity contribution is -0.123. The van der Waals surface area contributed by atoms with Crippen LogP contribution in [0.3, 0.4) is 0 Å². The predicted octanol–water partition coefficient (Wildman–Crippen LogP) is 4.31. The number of benzene rings is 2. The normalized spacial score (nSPS) is 16.3. The fraction of sp³-hybridized carbons (Fsp3) is 0.292. The number of hydrogen-bond acceptors (Lipinski definition) is 5. The molecule has 1 fully saturated rings. The Balaban J connectivity index is 1.28. The molecule has 0 bridgehead atoms. The molecule has 154 valence electrons. The van der Waals surface area contributed by atoms with Crippen LogP contribution in [0.1, 0.15) is 42.7 Å². The van der Waals surface area contributed by atoms with E-state index in [1.165, 1.54) is 11.6 Å². The van der Waals surface area contributed by atoms with Gasteiger partial charge in [-0.1, -0.05) is 30.3 Å². The van der Waals surface area contributed by atoms with Gasteiger partial charge in [-0.2, -0.15) is 5.10 Å². The second-order valence-electron chi connectivity index (χ2n) is 7.59. The van der Waals surface area contributed by atoms with E-state index in [2.05, 4.69) is 34.8 Å². The average Bonchev–Trinajstić information content (AvgIpc) is 2.77. The van der Waals surface area contributed by atoms with E-state index in [1.54, 1.807) is 12.1 Å². The third-order valence-electron chi connectivity index (χ3n) is 5.47. The molecule has 0 atom stereocenters. The molecule has 1 amide bonds. The van der Waals surface area contributed by atoms with E-state index in [1.807, 2.05) is 19.1 Å². The number of nitrogens with one attached hydrogen (secondary N) is 1. The van der Waals surface area contributed by atoms with Crippen LogP contribution in [0.5, 0.6) is 5.75 Å². The molecule has 6 heteroatoms. The predicted molar refractivity (Wildman–Crippen MR) is 116 cm³/mol. The standard InChI is InChI=1S/C24H24N2O4/c1-16-13-24(28)30-22-14-20(11-12-21(16)22)29-15-23(27)26-25-19-9-7-18(8-10-19)17-5-3-2-4-6-17/h2-6,11-14,18H,7-10,15H2,1H3,(H,26,27). The van der Waals surface area contributed by atoms with Gasteiger partial charge < -0.3 is 9.15 Å². The third-order valence-corrected chi connectivity index (χ3v) is 5.47. The minimum Gasteiger partial charge on any atom is -0.484 e. The number of rotatable bonds is 5. The smallest absolute Gasteiger partial charge is 0.336 e. The minimum absolute atomic E-state index is 0.162. The van der Waals surface area contributed by atoms with Crippen molar-refractivity contribution in [2.24, 2.45) is 5.10 Å². The number of carbonyl (C=O) groups excluding carboxylic acids is 1. The lowest BCUT2D eigenvalue weighted by Crippen LogP contribution is -2.26. The number of carbonyl (C=O) groups is 1. The highest BCUT2D eigenvalue weighted by molar-refractivity contribution is 5.87. The van der Waals surface area contributed by atoms with Crippen LogP contribution in [0.2, 0.25) is 0 Å². The van der Waals surface area contributed by atoms with E-state index in [-0.39, 0.29) is 12.5 Å². The van der Waals surface area contributed by atoms with Crippen LogP contribution < -0.4 is 15.8 Å². The number of hydrogen-bond donors (Lipinski definition) is 1. The average molecular weight is 404 g/mol. The first-order valence-corrected chi connectivity index (χ1v) is 10.1. The lowest BCUT2D eigenvalue weighted by atomic mass is 9.83. The minimum atomic E-state index is -0.410. The van der Waals surface area contributed by atoms with E-state index in [0.29, 0.717) is 17.3 Å². The maximum atomic E-state index is 12.1. The molecule has 1 aliphatic rings. The zero-order valence-electron chi connectivity index (χ0n) is 16.9. The molecule has 6 nitrogen and oxygen atoms in total. The van der Waals surface area contributed by atoms with Crippen molar-refractivity contribution in [2.75, 3.05) is 6.61 Å². The molecule has 0 aliphatic heterocycles. The molecule has 1 heterocycles. The molecular weight excluding hydrogens is 380 g/mol. The molecule has 0 spiro atoms. The second-order valence-corrected chi connectivity index (χ2v) is 7.59. The van der Waals surface area contributed by atoms with Crippen molar-refractivity contribution < 1.29 is 13.9 Å². The van der Waals surface area contributed by atoms with Crippen molar-refractivity contribution in [2.45, 2.75) is 38.5 Å². The molecule has 0 saturated heterocycles. The van der Waals surface area contributed by atoms with E-state index >= 15 is 0 Å². The quantitative estimate of drug-likeness (QED) is 0.508. The van der Waals surface area contributed by atoms with E-state index in [9.17, 15) is 9.59 Å². The van der Waals surface area contributed by atoms with Crippen LogP contribution >= 0.6 is 0 Å². The fourth-order valence-electron chi connectivity index (χ4n) is 3.84. The van der Waals surface area contributed by atoms with Crippen LogP contribution in [-0.2, 0) is 4.79 Å². The Morgan fingerprint density at radius 3 is 2.67 bits per heavy atom. The zero-order chi connectivity index (χ0) is 20.9. The number of amides is 1. The Bertz CT molecular complexity index is 1120. The molecule has 4 rings (SSSR count). The van der Waals surface area contributed by atoms with Gasteiger partial charge in [-0.25, -0.2) is 10.2 Å². The van der Waals surface area contributed by atoms with Crippen LogP contribution in [0.25, 0.3) is 11.0 Å². The number of ether oxygens (including phenoxy) is 1. The van der Waals surface area contributed by atoms with Crippen molar-refractivity contribution in [3.8, 4) is 5.75 Å². The topological polar surface area (TPSA) is 80.9 Å². The first-order valence-electron chi connectivity index (χ1n) is 10.1. The summed E-state index contributed by atoms with van der Waals surface area (Å²) in [5.41, 5.74) is 5.83. The summed E-state index contributed by atoms with van der Waals surface area (Å²) >= 11 is 0. The van der Waals surface area contributed by atoms with Gasteiger partial charge in [0.1, 0.15) is 11.3 Å². The molecular formula is C24H24N2O4. The Morgan fingerprint density at radius 2 is 1.90 bits per heavy atom. The van der Waals surface area contributed by atoms with Crippen molar-refractivity contribution in [3.63, 3.8) is 0 Å². The van der Waals surface area contributed by atoms with Crippen molar-refractivity contribution in [3.05, 3.63) is 76.1 Å². The monoisotopic (exact) mass is 404 g/mol. The first kappa shape index (κ1) is 19.9. The summed E-state index contributed by atoms with van der Waals surface area (Å²) in [6.45, 7) is 1.69. The molecule has 1 aromatic heterocycles. The van der Waals surface area contributed by atoms with Crippen molar-refractivity contribution >= 4 is 22.6 Å². The zero-order valence-corrected chi connectivity index (χ0v) is 16.9. The van der Waals surface area contributed by atoms with Gasteiger partial charge in [-0.15, -0.1) is 0 Å². The molecule has 1 N–H and O–H groups in total. The Hall–Kier alpha value is -3.41.